The highest BCUT2D eigenvalue weighted by Gasteiger charge is 2.39. The fourth-order valence-electron chi connectivity index (χ4n) is 3.20. The van der Waals surface area contributed by atoms with Gasteiger partial charge in [0.15, 0.2) is 6.10 Å². The van der Waals surface area contributed by atoms with Crippen LogP contribution in [0.5, 0.6) is 11.5 Å². The Morgan fingerprint density at radius 1 is 1.37 bits per heavy atom. The molecule has 3 rings (SSSR count). The summed E-state index contributed by atoms with van der Waals surface area (Å²) in [4.78, 5) is 13.6. The van der Waals surface area contributed by atoms with Gasteiger partial charge in [0, 0.05) is 25.7 Å². The Labute approximate surface area is 155 Å². The summed E-state index contributed by atoms with van der Waals surface area (Å²) in [5.41, 5.74) is 0.447. The van der Waals surface area contributed by atoms with Gasteiger partial charge in [-0.3, -0.25) is 4.79 Å². The first-order valence-corrected chi connectivity index (χ1v) is 8.95. The number of piperidine rings is 1. The second-order valence-electron chi connectivity index (χ2n) is 6.97. The lowest BCUT2D eigenvalue weighted by Gasteiger charge is -2.33. The van der Waals surface area contributed by atoms with E-state index in [9.17, 15) is 23.1 Å². The lowest BCUT2D eigenvalue weighted by atomic mass is 10.1. The largest absolute Gasteiger partial charge is 0.490 e. The maximum atomic E-state index is 12.4. The van der Waals surface area contributed by atoms with E-state index in [1.165, 1.54) is 0 Å². The van der Waals surface area contributed by atoms with E-state index in [0.717, 1.165) is 0 Å². The zero-order valence-electron chi connectivity index (χ0n) is 15.0. The molecule has 0 radical (unpaired) electrons. The van der Waals surface area contributed by atoms with Gasteiger partial charge in [-0.2, -0.15) is 13.2 Å². The van der Waals surface area contributed by atoms with E-state index in [0.29, 0.717) is 49.5 Å². The van der Waals surface area contributed by atoms with Gasteiger partial charge in [0.25, 0.3) is 5.91 Å². The molecular formula is C18H23F3N2O4. The number of alkyl halides is 3. The highest BCUT2D eigenvalue weighted by molar-refractivity contribution is 5.97. The van der Waals surface area contributed by atoms with Crippen molar-refractivity contribution in [2.24, 2.45) is 0 Å². The Morgan fingerprint density at radius 2 is 2.07 bits per heavy atom. The molecule has 0 aromatic heterocycles. The Morgan fingerprint density at radius 3 is 2.74 bits per heavy atom. The predicted molar refractivity (Wildman–Crippen MR) is 91.0 cm³/mol. The van der Waals surface area contributed by atoms with E-state index >= 15 is 0 Å². The number of benzene rings is 1. The standard InChI is InChI=1S/C18H23F3N2O4/c1-11-9-22-17(25)14-3-2-13(8-15(14)26-11)27-12-4-6-23(7-5-12)10-16(24)18(19,20)21/h2-3,8,11-12,16,24H,4-7,9-10H2,1H3,(H,22,25). The van der Waals surface area contributed by atoms with Crippen LogP contribution in [0.15, 0.2) is 18.2 Å². The van der Waals surface area contributed by atoms with Crippen molar-refractivity contribution in [2.45, 2.75) is 44.3 Å². The number of rotatable bonds is 4. The second kappa shape index (κ2) is 7.93. The fraction of sp³-hybridized carbons (Fsp3) is 0.611. The van der Waals surface area contributed by atoms with Crippen molar-refractivity contribution >= 4 is 5.91 Å². The van der Waals surface area contributed by atoms with Crippen LogP contribution in [0, 0.1) is 0 Å². The second-order valence-corrected chi connectivity index (χ2v) is 6.97. The number of hydrogen-bond acceptors (Lipinski definition) is 5. The number of fused-ring (bicyclic) bond motifs is 1. The first-order valence-electron chi connectivity index (χ1n) is 8.95. The maximum Gasteiger partial charge on any atom is 0.415 e. The van der Waals surface area contributed by atoms with Crippen LogP contribution in [0.2, 0.25) is 0 Å². The van der Waals surface area contributed by atoms with Crippen molar-refractivity contribution in [3.8, 4) is 11.5 Å². The molecule has 2 aliphatic rings. The summed E-state index contributed by atoms with van der Waals surface area (Å²) in [6, 6.07) is 5.01. The van der Waals surface area contributed by atoms with E-state index < -0.39 is 18.8 Å². The first-order chi connectivity index (χ1) is 12.7. The average molecular weight is 388 g/mol. The molecule has 1 amide bonds. The molecule has 2 N–H and O–H groups in total. The zero-order valence-corrected chi connectivity index (χ0v) is 15.0. The molecule has 1 fully saturated rings. The van der Waals surface area contributed by atoms with E-state index in [-0.39, 0.29) is 18.1 Å². The van der Waals surface area contributed by atoms with Crippen molar-refractivity contribution in [3.05, 3.63) is 23.8 Å². The number of β-amino-alcohol motifs (C(OH)–C–C–N with tert-alkyl or cyclic N) is 1. The summed E-state index contributed by atoms with van der Waals surface area (Å²) < 4.78 is 49.0. The van der Waals surface area contributed by atoms with Crippen LogP contribution in [0.4, 0.5) is 13.2 Å². The van der Waals surface area contributed by atoms with E-state index in [2.05, 4.69) is 5.32 Å². The molecule has 6 nitrogen and oxygen atoms in total. The van der Waals surface area contributed by atoms with Crippen LogP contribution >= 0.6 is 0 Å². The van der Waals surface area contributed by atoms with Gasteiger partial charge in [-0.25, -0.2) is 0 Å². The molecule has 2 unspecified atom stereocenters. The maximum absolute atomic E-state index is 12.4. The van der Waals surface area contributed by atoms with Gasteiger partial charge in [-0.1, -0.05) is 0 Å². The van der Waals surface area contributed by atoms with Gasteiger partial charge in [-0.15, -0.1) is 0 Å². The molecule has 150 valence electrons. The van der Waals surface area contributed by atoms with Crippen molar-refractivity contribution in [1.82, 2.24) is 10.2 Å². The highest BCUT2D eigenvalue weighted by Crippen LogP contribution is 2.29. The van der Waals surface area contributed by atoms with E-state index in [4.69, 9.17) is 9.47 Å². The number of halogens is 3. The van der Waals surface area contributed by atoms with Crippen molar-refractivity contribution in [1.29, 1.82) is 0 Å². The summed E-state index contributed by atoms with van der Waals surface area (Å²) in [6.07, 6.45) is -6.12. The highest BCUT2D eigenvalue weighted by atomic mass is 19.4. The molecule has 2 aliphatic heterocycles. The molecular weight excluding hydrogens is 365 g/mol. The van der Waals surface area contributed by atoms with Crippen molar-refractivity contribution in [3.63, 3.8) is 0 Å². The number of aliphatic hydroxyl groups is 1. The summed E-state index contributed by atoms with van der Waals surface area (Å²) in [5.74, 6) is 0.822. The van der Waals surface area contributed by atoms with Gasteiger partial charge < -0.3 is 24.8 Å². The molecule has 2 heterocycles. The molecule has 1 aromatic carbocycles. The molecule has 0 spiro atoms. The molecule has 1 aromatic rings. The number of likely N-dealkylation sites (tertiary alicyclic amines) is 1. The normalized spacial score (nSPS) is 23.0. The molecule has 9 heteroatoms. The van der Waals surface area contributed by atoms with Gasteiger partial charge in [0.05, 0.1) is 12.1 Å². The quantitative estimate of drug-likeness (QED) is 0.825. The minimum atomic E-state index is -4.60. The Hall–Kier alpha value is -2.00. The number of amides is 1. The molecule has 0 aliphatic carbocycles. The monoisotopic (exact) mass is 388 g/mol. The summed E-state index contributed by atoms with van der Waals surface area (Å²) in [6.45, 7) is 2.69. The van der Waals surface area contributed by atoms with Gasteiger partial charge >= 0.3 is 6.18 Å². The Kier molecular flexibility index (Phi) is 5.81. The number of nitrogens with one attached hydrogen (secondary N) is 1. The van der Waals surface area contributed by atoms with Crippen molar-refractivity contribution < 1.29 is 32.5 Å². The summed E-state index contributed by atoms with van der Waals surface area (Å²) in [5, 5.41) is 11.9. The van der Waals surface area contributed by atoms with Crippen LogP contribution in [0.1, 0.15) is 30.1 Å². The number of ether oxygens (including phenoxy) is 2. The number of hydrogen-bond donors (Lipinski definition) is 2. The lowest BCUT2D eigenvalue weighted by Crippen LogP contribution is -2.45. The van der Waals surface area contributed by atoms with Gasteiger partial charge in [0.1, 0.15) is 23.7 Å². The van der Waals surface area contributed by atoms with Gasteiger partial charge in [0.2, 0.25) is 0 Å². The summed E-state index contributed by atoms with van der Waals surface area (Å²) in [7, 11) is 0. The SMILES string of the molecule is CC1CNC(=O)c2ccc(OC3CCN(CC(O)C(F)(F)F)CC3)cc2O1. The summed E-state index contributed by atoms with van der Waals surface area (Å²) >= 11 is 0. The minimum absolute atomic E-state index is 0.139. The van der Waals surface area contributed by atoms with E-state index in [1.54, 1.807) is 23.1 Å². The minimum Gasteiger partial charge on any atom is -0.490 e. The van der Waals surface area contributed by atoms with Crippen LogP contribution < -0.4 is 14.8 Å². The first kappa shape index (κ1) is 19.8. The number of carbonyl (C=O) groups is 1. The zero-order chi connectivity index (χ0) is 19.6. The Balaban J connectivity index is 1.56. The number of aliphatic hydroxyl groups excluding tert-OH is 1. The van der Waals surface area contributed by atoms with Crippen LogP contribution in [0.3, 0.4) is 0 Å². The molecule has 0 saturated carbocycles. The van der Waals surface area contributed by atoms with Crippen LogP contribution in [-0.4, -0.2) is 66.6 Å². The number of carbonyl (C=O) groups excluding carboxylic acids is 1. The average Bonchev–Trinajstić information content (AvgIpc) is 2.74. The number of nitrogens with zero attached hydrogens (tertiary/aromatic N) is 1. The van der Waals surface area contributed by atoms with Gasteiger partial charge in [-0.05, 0) is 31.9 Å². The van der Waals surface area contributed by atoms with Crippen molar-refractivity contribution in [2.75, 3.05) is 26.2 Å². The topological polar surface area (TPSA) is 71.0 Å². The third-order valence-electron chi connectivity index (χ3n) is 4.72. The van der Waals surface area contributed by atoms with Crippen LogP contribution in [0.25, 0.3) is 0 Å². The van der Waals surface area contributed by atoms with Crippen LogP contribution in [-0.2, 0) is 0 Å². The third-order valence-corrected chi connectivity index (χ3v) is 4.72. The fourth-order valence-corrected chi connectivity index (χ4v) is 3.20. The third kappa shape index (κ3) is 5.04. The molecule has 2 atom stereocenters. The molecule has 27 heavy (non-hydrogen) atoms. The van der Waals surface area contributed by atoms with E-state index in [1.807, 2.05) is 6.92 Å². The Bertz CT molecular complexity index is 675. The predicted octanol–water partition coefficient (Wildman–Crippen LogP) is 1.96. The molecule has 1 saturated heterocycles. The lowest BCUT2D eigenvalue weighted by molar-refractivity contribution is -0.208. The molecule has 0 bridgehead atoms. The smallest absolute Gasteiger partial charge is 0.415 e.